The van der Waals surface area contributed by atoms with Gasteiger partial charge in [-0.05, 0) is 6.92 Å². The van der Waals surface area contributed by atoms with Crippen LogP contribution in [-0.2, 0) is 11.1 Å². The molecule has 0 aliphatic rings. The third-order valence-electron chi connectivity index (χ3n) is 0.673. The number of alkyl halides is 2. The molecule has 0 saturated carbocycles. The molecule has 50 valence electrons. The highest BCUT2D eigenvalue weighted by Crippen LogP contribution is 2.04. The second-order valence-electron chi connectivity index (χ2n) is 1.32. The Kier molecular flexibility index (Phi) is 3.08. The lowest BCUT2D eigenvalue weighted by atomic mass is 10.5. The van der Waals surface area contributed by atoms with E-state index in [1.54, 1.807) is 0 Å². The summed E-state index contributed by atoms with van der Waals surface area (Å²) in [6.07, 6.45) is -2.71. The van der Waals surface area contributed by atoms with Crippen molar-refractivity contribution in [2.24, 2.45) is 0 Å². The van der Waals surface area contributed by atoms with Crippen molar-refractivity contribution in [1.29, 1.82) is 0 Å². The molecule has 0 radical (unpaired) electrons. The molecule has 2 unspecified atom stereocenters. The van der Waals surface area contributed by atoms with Gasteiger partial charge in [0, 0.05) is 0 Å². The molecule has 0 aliphatic heterocycles. The number of rotatable bonds is 2. The average molecular weight is 144 g/mol. The van der Waals surface area contributed by atoms with Crippen LogP contribution < -0.4 is 0 Å². The molecule has 0 amide bonds. The van der Waals surface area contributed by atoms with E-state index in [0.29, 0.717) is 0 Å². The van der Waals surface area contributed by atoms with Crippen LogP contribution in [0.2, 0.25) is 0 Å². The van der Waals surface area contributed by atoms with Gasteiger partial charge in [-0.25, -0.2) is 13.0 Å². The summed E-state index contributed by atoms with van der Waals surface area (Å²) >= 11 is -2.39. The van der Waals surface area contributed by atoms with Crippen molar-refractivity contribution in [3.63, 3.8) is 0 Å². The van der Waals surface area contributed by atoms with Crippen LogP contribution in [0.3, 0.4) is 0 Å². The SMILES string of the molecule is CC(C(F)F)S(=O)O. The van der Waals surface area contributed by atoms with Gasteiger partial charge in [0.05, 0.1) is 0 Å². The van der Waals surface area contributed by atoms with Crippen molar-refractivity contribution >= 4 is 11.1 Å². The first-order chi connectivity index (χ1) is 3.55. The molecule has 1 N–H and O–H groups in total. The summed E-state index contributed by atoms with van der Waals surface area (Å²) in [4.78, 5) is 0. The quantitative estimate of drug-likeness (QED) is 0.583. The average Bonchev–Trinajstić information content (AvgIpc) is 1.64. The Labute approximate surface area is 48.2 Å². The number of hydrogen-bond donors (Lipinski definition) is 1. The zero-order chi connectivity index (χ0) is 6.73. The molecule has 0 aromatic carbocycles. The van der Waals surface area contributed by atoms with Crippen LogP contribution in [0.4, 0.5) is 8.78 Å². The topological polar surface area (TPSA) is 37.3 Å². The Balaban J connectivity index is 3.64. The Morgan fingerprint density at radius 3 is 2.00 bits per heavy atom. The summed E-state index contributed by atoms with van der Waals surface area (Å²) in [5, 5.41) is -1.44. The lowest BCUT2D eigenvalue weighted by Gasteiger charge is -2.01. The molecule has 2 atom stereocenters. The van der Waals surface area contributed by atoms with E-state index in [9.17, 15) is 13.0 Å². The predicted octanol–water partition coefficient (Wildman–Crippen LogP) is 0.862. The molecule has 0 heterocycles. The van der Waals surface area contributed by atoms with Crippen molar-refractivity contribution < 1.29 is 17.5 Å². The van der Waals surface area contributed by atoms with Gasteiger partial charge in [-0.2, -0.15) is 0 Å². The van der Waals surface area contributed by atoms with Crippen molar-refractivity contribution in [2.75, 3.05) is 0 Å². The minimum absolute atomic E-state index is 1.01. The summed E-state index contributed by atoms with van der Waals surface area (Å²) in [6.45, 7) is 1.01. The van der Waals surface area contributed by atoms with Crippen LogP contribution in [0, 0.1) is 0 Å². The molecule has 0 bridgehead atoms. The van der Waals surface area contributed by atoms with Crippen LogP contribution in [0.5, 0.6) is 0 Å². The number of hydrogen-bond acceptors (Lipinski definition) is 1. The van der Waals surface area contributed by atoms with Gasteiger partial charge in [0.1, 0.15) is 5.25 Å². The second-order valence-corrected chi connectivity index (χ2v) is 2.61. The van der Waals surface area contributed by atoms with Gasteiger partial charge in [-0.15, -0.1) is 0 Å². The van der Waals surface area contributed by atoms with Crippen LogP contribution in [-0.4, -0.2) is 20.4 Å². The van der Waals surface area contributed by atoms with Crippen molar-refractivity contribution in [1.82, 2.24) is 0 Å². The van der Waals surface area contributed by atoms with Crippen molar-refractivity contribution in [2.45, 2.75) is 18.6 Å². The van der Waals surface area contributed by atoms with Gasteiger partial charge >= 0.3 is 0 Å². The Hall–Kier alpha value is -0.0300. The molecular formula is C3H6F2O2S. The van der Waals surface area contributed by atoms with Gasteiger partial charge in [-0.1, -0.05) is 0 Å². The van der Waals surface area contributed by atoms with E-state index < -0.39 is 22.8 Å². The second kappa shape index (κ2) is 3.09. The summed E-state index contributed by atoms with van der Waals surface area (Å²) < 4.78 is 40.4. The summed E-state index contributed by atoms with van der Waals surface area (Å²) in [5.74, 6) is 0. The molecule has 5 heteroatoms. The minimum atomic E-state index is -2.71. The number of halogens is 2. The molecule has 0 fully saturated rings. The molecular weight excluding hydrogens is 138 g/mol. The first-order valence-electron chi connectivity index (χ1n) is 1.93. The standard InChI is InChI=1S/C3H6F2O2S/c1-2(3(4)5)8(6)7/h2-3H,1H3,(H,6,7). The van der Waals surface area contributed by atoms with Crippen LogP contribution >= 0.6 is 0 Å². The predicted molar refractivity (Wildman–Crippen MR) is 26.2 cm³/mol. The zero-order valence-corrected chi connectivity index (χ0v) is 4.99. The fraction of sp³-hybridized carbons (Fsp3) is 1.00. The molecule has 0 aromatic rings. The normalized spacial score (nSPS) is 18.6. The first-order valence-corrected chi connectivity index (χ1v) is 3.10. The first kappa shape index (κ1) is 7.97. The monoisotopic (exact) mass is 144 g/mol. The molecule has 0 aromatic heterocycles. The highest BCUT2D eigenvalue weighted by molar-refractivity contribution is 7.79. The van der Waals surface area contributed by atoms with E-state index in [0.717, 1.165) is 6.92 Å². The molecule has 8 heavy (non-hydrogen) atoms. The van der Waals surface area contributed by atoms with E-state index in [4.69, 9.17) is 4.55 Å². The maximum Gasteiger partial charge on any atom is 0.254 e. The van der Waals surface area contributed by atoms with Gasteiger partial charge in [0.2, 0.25) is 0 Å². The smallest absolute Gasteiger partial charge is 0.254 e. The molecule has 0 rings (SSSR count). The summed E-state index contributed by atoms with van der Waals surface area (Å²) in [5.41, 5.74) is 0. The van der Waals surface area contributed by atoms with Crippen molar-refractivity contribution in [3.05, 3.63) is 0 Å². The van der Waals surface area contributed by atoms with Gasteiger partial charge in [-0.3, -0.25) is 0 Å². The lowest BCUT2D eigenvalue weighted by molar-refractivity contribution is 0.146. The van der Waals surface area contributed by atoms with E-state index >= 15 is 0 Å². The third kappa shape index (κ3) is 2.32. The Bertz CT molecular complexity index is 95.3. The molecule has 0 spiro atoms. The van der Waals surface area contributed by atoms with Crippen LogP contribution in [0.15, 0.2) is 0 Å². The largest absolute Gasteiger partial charge is 0.306 e. The fourth-order valence-electron chi connectivity index (χ4n) is 0.0880. The van der Waals surface area contributed by atoms with E-state index in [2.05, 4.69) is 0 Å². The third-order valence-corrected chi connectivity index (χ3v) is 1.51. The Morgan fingerprint density at radius 2 is 2.00 bits per heavy atom. The highest BCUT2D eigenvalue weighted by Gasteiger charge is 2.19. The zero-order valence-electron chi connectivity index (χ0n) is 4.17. The fourth-order valence-corrected chi connectivity index (χ4v) is 0.264. The van der Waals surface area contributed by atoms with E-state index in [1.165, 1.54) is 0 Å². The highest BCUT2D eigenvalue weighted by atomic mass is 32.2. The maximum absolute atomic E-state index is 11.3. The minimum Gasteiger partial charge on any atom is -0.306 e. The van der Waals surface area contributed by atoms with Crippen molar-refractivity contribution in [3.8, 4) is 0 Å². The van der Waals surface area contributed by atoms with Gasteiger partial charge < -0.3 is 4.55 Å². The van der Waals surface area contributed by atoms with Gasteiger partial charge in [0.15, 0.2) is 11.1 Å². The molecule has 0 aliphatic carbocycles. The van der Waals surface area contributed by atoms with Crippen LogP contribution in [0.25, 0.3) is 0 Å². The summed E-state index contributed by atoms with van der Waals surface area (Å²) in [6, 6.07) is 0. The summed E-state index contributed by atoms with van der Waals surface area (Å²) in [7, 11) is 0. The maximum atomic E-state index is 11.3. The lowest BCUT2D eigenvalue weighted by Crippen LogP contribution is -2.18. The Morgan fingerprint density at radius 1 is 1.62 bits per heavy atom. The van der Waals surface area contributed by atoms with Gasteiger partial charge in [0.25, 0.3) is 6.43 Å². The van der Waals surface area contributed by atoms with E-state index in [-0.39, 0.29) is 0 Å². The van der Waals surface area contributed by atoms with Crippen LogP contribution in [0.1, 0.15) is 6.92 Å². The molecule has 0 saturated heterocycles. The molecule has 2 nitrogen and oxygen atoms in total. The van der Waals surface area contributed by atoms with E-state index in [1.807, 2.05) is 0 Å².